The molecule has 304 valence electrons. The number of pyridine rings is 1. The molecule has 0 bridgehead atoms. The summed E-state index contributed by atoms with van der Waals surface area (Å²) in [6, 6.07) is 20.2. The lowest BCUT2D eigenvalue weighted by atomic mass is 10.1. The summed E-state index contributed by atoms with van der Waals surface area (Å²) in [5, 5.41) is 5.94. The number of anilines is 1. The van der Waals surface area contributed by atoms with Crippen LogP contribution in [0.3, 0.4) is 0 Å². The summed E-state index contributed by atoms with van der Waals surface area (Å²) in [6.07, 6.45) is 3.59. The maximum atomic E-state index is 7.48. The van der Waals surface area contributed by atoms with E-state index in [2.05, 4.69) is 111 Å². The van der Waals surface area contributed by atoms with E-state index < -0.39 is 29.0 Å². The van der Waals surface area contributed by atoms with Crippen molar-refractivity contribution in [2.45, 2.75) is 115 Å². The normalized spacial score (nSPS) is 19.2. The number of rotatable bonds is 10. The summed E-state index contributed by atoms with van der Waals surface area (Å²) in [5.41, 5.74) is 12.6. The van der Waals surface area contributed by atoms with Crippen molar-refractivity contribution in [3.63, 3.8) is 0 Å². The van der Waals surface area contributed by atoms with Gasteiger partial charge in [0, 0.05) is 46.0 Å². The predicted octanol–water partition coefficient (Wildman–Crippen LogP) is 10.5. The van der Waals surface area contributed by atoms with Gasteiger partial charge in [-0.15, -0.1) is 0 Å². The molecule has 2 N–H and O–H groups in total. The molecule has 7 rings (SSSR count). The molecular formula is C45H56N6O4SSi2. The number of hydrogen-bond donors (Lipinski definition) is 1. The van der Waals surface area contributed by atoms with Crippen molar-refractivity contribution in [3.05, 3.63) is 102 Å². The zero-order valence-corrected chi connectivity index (χ0v) is 38.4. The molecule has 0 radical (unpaired) electrons. The number of para-hydroxylation sites is 1. The molecule has 1 aliphatic rings. The molecule has 0 unspecified atom stereocenters. The minimum Gasteiger partial charge on any atom is -0.408 e. The molecule has 0 saturated carbocycles. The van der Waals surface area contributed by atoms with Crippen molar-refractivity contribution in [1.29, 1.82) is 0 Å². The van der Waals surface area contributed by atoms with Gasteiger partial charge in [0.25, 0.3) is 0 Å². The smallest absolute Gasteiger partial charge is 0.192 e. The highest BCUT2D eigenvalue weighted by Crippen LogP contribution is 2.47. The number of thioether (sulfide) groups is 1. The predicted molar refractivity (Wildman–Crippen MR) is 241 cm³/mol. The van der Waals surface area contributed by atoms with Gasteiger partial charge in [-0.2, -0.15) is 11.8 Å². The Balaban J connectivity index is 1.30. The number of nitrogen functional groups attached to an aromatic ring is 1. The van der Waals surface area contributed by atoms with E-state index in [0.29, 0.717) is 33.9 Å². The monoisotopic (exact) mass is 832 g/mol. The van der Waals surface area contributed by atoms with Crippen LogP contribution in [0.5, 0.6) is 0 Å². The third kappa shape index (κ3) is 8.41. The van der Waals surface area contributed by atoms with Crippen LogP contribution < -0.4 is 5.73 Å². The molecule has 0 aliphatic carbocycles. The second-order valence-electron chi connectivity index (χ2n) is 18.3. The van der Waals surface area contributed by atoms with Gasteiger partial charge in [0.2, 0.25) is 0 Å². The van der Waals surface area contributed by atoms with E-state index in [1.165, 1.54) is 6.33 Å². The molecule has 0 amide bonds. The summed E-state index contributed by atoms with van der Waals surface area (Å²) in [4.78, 5) is 13.8. The average molecular weight is 833 g/mol. The van der Waals surface area contributed by atoms with Gasteiger partial charge < -0.3 is 28.4 Å². The quantitative estimate of drug-likeness (QED) is 0.105. The first-order valence-electron chi connectivity index (χ1n) is 19.9. The zero-order chi connectivity index (χ0) is 41.6. The molecule has 2 aromatic carbocycles. The number of aromatic nitrogens is 5. The van der Waals surface area contributed by atoms with Gasteiger partial charge in [-0.3, -0.25) is 4.98 Å². The highest BCUT2D eigenvalue weighted by molar-refractivity contribution is 7.98. The van der Waals surface area contributed by atoms with Crippen molar-refractivity contribution in [2.75, 3.05) is 11.5 Å². The molecule has 6 aromatic rings. The minimum atomic E-state index is -2.40. The van der Waals surface area contributed by atoms with E-state index in [1.54, 1.807) is 18.0 Å². The number of hydrogen-bond acceptors (Lipinski definition) is 10. The summed E-state index contributed by atoms with van der Waals surface area (Å²) in [5.74, 6) is 9.23. The van der Waals surface area contributed by atoms with Crippen LogP contribution in [0, 0.1) is 18.8 Å². The fourth-order valence-corrected chi connectivity index (χ4v) is 10.5. The molecule has 4 atom stereocenters. The number of nitrogens with zero attached hydrogens (tertiary/aromatic N) is 5. The van der Waals surface area contributed by atoms with Gasteiger partial charge in [-0.25, -0.2) is 9.97 Å². The summed E-state index contributed by atoms with van der Waals surface area (Å²) in [7, 11) is -4.74. The summed E-state index contributed by atoms with van der Waals surface area (Å²) in [6.45, 7) is 24.8. The second-order valence-corrected chi connectivity index (χ2v) is 28.8. The fourth-order valence-electron chi connectivity index (χ4n) is 6.70. The lowest BCUT2D eigenvalue weighted by Gasteiger charge is -2.44. The first-order chi connectivity index (χ1) is 27.3. The van der Waals surface area contributed by atoms with Gasteiger partial charge in [0.15, 0.2) is 28.6 Å². The largest absolute Gasteiger partial charge is 0.408 e. The van der Waals surface area contributed by atoms with Crippen molar-refractivity contribution >= 4 is 56.2 Å². The zero-order valence-electron chi connectivity index (χ0n) is 35.6. The lowest BCUT2D eigenvalue weighted by molar-refractivity contribution is -0.0244. The first-order valence-corrected chi connectivity index (χ1v) is 26.9. The fraction of sp³-hybridized carbons (Fsp3) is 0.422. The maximum Gasteiger partial charge on any atom is 0.192 e. The van der Waals surface area contributed by atoms with Crippen LogP contribution in [0.25, 0.3) is 33.3 Å². The van der Waals surface area contributed by atoms with Crippen molar-refractivity contribution in [2.24, 2.45) is 0 Å². The molecule has 1 aliphatic heterocycles. The number of benzene rings is 2. The Bertz CT molecular complexity index is 2480. The molecule has 1 saturated heterocycles. The van der Waals surface area contributed by atoms with Crippen LogP contribution >= 0.6 is 11.8 Å². The maximum absolute atomic E-state index is 7.48. The van der Waals surface area contributed by atoms with Crippen LogP contribution in [-0.4, -0.2) is 65.4 Å². The molecule has 4 aromatic heterocycles. The van der Waals surface area contributed by atoms with Crippen LogP contribution in [0.15, 0.2) is 83.9 Å². The molecule has 10 nitrogen and oxygen atoms in total. The molecule has 13 heteroatoms. The van der Waals surface area contributed by atoms with E-state index >= 15 is 0 Å². The number of nitrogens with two attached hydrogens (primary N) is 1. The van der Waals surface area contributed by atoms with Gasteiger partial charge in [-0.05, 0) is 55.3 Å². The van der Waals surface area contributed by atoms with E-state index in [1.807, 2.05) is 61.7 Å². The van der Waals surface area contributed by atoms with E-state index in [9.17, 15) is 0 Å². The van der Waals surface area contributed by atoms with Crippen LogP contribution in [-0.2, 0) is 19.3 Å². The molecule has 0 spiro atoms. The topological polar surface area (TPSA) is 123 Å². The molecule has 5 heterocycles. The summed E-state index contributed by atoms with van der Waals surface area (Å²) >= 11 is 1.79. The highest BCUT2D eigenvalue weighted by Gasteiger charge is 2.54. The van der Waals surface area contributed by atoms with E-state index in [-0.39, 0.29) is 22.3 Å². The Labute approximate surface area is 348 Å². The first kappa shape index (κ1) is 41.8. The number of aryl methyl sites for hydroxylation is 1. The average Bonchev–Trinajstić information content (AvgIpc) is 3.83. The second kappa shape index (κ2) is 16.0. The summed E-state index contributed by atoms with van der Waals surface area (Å²) < 4.78 is 30.1. The van der Waals surface area contributed by atoms with Crippen LogP contribution in [0.2, 0.25) is 36.3 Å². The van der Waals surface area contributed by atoms with Crippen molar-refractivity contribution in [3.8, 4) is 23.2 Å². The Morgan fingerprint density at radius 2 is 1.53 bits per heavy atom. The van der Waals surface area contributed by atoms with Crippen molar-refractivity contribution in [1.82, 2.24) is 24.7 Å². The van der Waals surface area contributed by atoms with Crippen LogP contribution in [0.1, 0.15) is 70.2 Å². The number of fused-ring (bicyclic) bond motifs is 2. The van der Waals surface area contributed by atoms with Gasteiger partial charge in [-0.1, -0.05) is 107 Å². The third-order valence-corrected chi connectivity index (χ3v) is 22.2. The Kier molecular flexibility index (Phi) is 11.6. The van der Waals surface area contributed by atoms with Crippen molar-refractivity contribution < 1.29 is 18.1 Å². The minimum absolute atomic E-state index is 0.0450. The Hall–Kier alpha value is -4.30. The van der Waals surface area contributed by atoms with Gasteiger partial charge in [0.1, 0.15) is 30.0 Å². The number of ether oxygens (including phenoxy) is 1. The molecular weight excluding hydrogens is 777 g/mol. The highest BCUT2D eigenvalue weighted by atomic mass is 32.2. The lowest BCUT2D eigenvalue weighted by Crippen LogP contribution is -2.53. The Morgan fingerprint density at radius 3 is 2.24 bits per heavy atom. The standard InChI is InChI=1S/C45H56N6O4SSi2/c1-29-34(38(53-50-29)31-17-13-12-14-18-31)26-56-27-36-39(54-57(8,9)44(2,3)4)40(55-58(10,11)45(5,6)7)43(52-36)51-25-33(37-41(46)48-28-49-42(37)51)22-21-30-23-32-19-15-16-20-35(32)47-24-30/h12-20,23-25,28,36,39-40,43H,26-27H2,1-11H3,(H2,46,48,49)/t36-,39-,40-,43-/m1/s1. The van der Waals surface area contributed by atoms with E-state index in [0.717, 1.165) is 39.0 Å². The van der Waals surface area contributed by atoms with E-state index in [4.69, 9.17) is 28.8 Å². The molecule has 1 fully saturated rings. The SMILES string of the molecule is Cc1noc(-c2ccccc2)c1CSC[C@H]1O[C@@H](n2cc(C#Cc3cnc4ccccc4c3)c3c(N)ncnc32)[C@H](O[Si](C)(C)C(C)(C)C)[C@@H]1O[Si](C)(C)C(C)(C)C. The van der Waals surface area contributed by atoms with Gasteiger partial charge >= 0.3 is 0 Å². The van der Waals surface area contributed by atoms with Crippen LogP contribution in [0.4, 0.5) is 5.82 Å². The van der Waals surface area contributed by atoms with Gasteiger partial charge in [0.05, 0.1) is 28.3 Å². The Morgan fingerprint density at radius 1 is 0.862 bits per heavy atom. The third-order valence-electron chi connectivity index (χ3n) is 12.2. The molecule has 58 heavy (non-hydrogen) atoms.